The summed E-state index contributed by atoms with van der Waals surface area (Å²) in [5, 5.41) is 2.88. The van der Waals surface area contributed by atoms with Crippen LogP contribution in [0.5, 0.6) is 0 Å². The zero-order valence-electron chi connectivity index (χ0n) is 9.97. The fourth-order valence-corrected chi connectivity index (χ4v) is 1.50. The SMILES string of the molecule is CC(C)CNC(=O)c1ccc2nccnc2c1. The molecule has 0 spiro atoms. The highest BCUT2D eigenvalue weighted by molar-refractivity contribution is 5.97. The van der Waals surface area contributed by atoms with Crippen molar-refractivity contribution in [3.63, 3.8) is 0 Å². The summed E-state index contributed by atoms with van der Waals surface area (Å²) in [7, 11) is 0. The maximum absolute atomic E-state index is 11.8. The number of hydrogen-bond donors (Lipinski definition) is 1. The van der Waals surface area contributed by atoms with Crippen molar-refractivity contribution < 1.29 is 4.79 Å². The highest BCUT2D eigenvalue weighted by Crippen LogP contribution is 2.10. The maximum atomic E-state index is 11.8. The van der Waals surface area contributed by atoms with Gasteiger partial charge in [0.2, 0.25) is 0 Å². The van der Waals surface area contributed by atoms with E-state index >= 15 is 0 Å². The quantitative estimate of drug-likeness (QED) is 0.876. The van der Waals surface area contributed by atoms with E-state index in [0.717, 1.165) is 11.0 Å². The first-order chi connectivity index (χ1) is 8.16. The first kappa shape index (κ1) is 11.5. The Morgan fingerprint density at radius 3 is 2.65 bits per heavy atom. The average molecular weight is 229 g/mol. The van der Waals surface area contributed by atoms with Crippen LogP contribution in [0, 0.1) is 5.92 Å². The van der Waals surface area contributed by atoms with E-state index in [1.54, 1.807) is 24.5 Å². The molecule has 0 atom stereocenters. The fraction of sp³-hybridized carbons (Fsp3) is 0.308. The molecule has 4 heteroatoms. The van der Waals surface area contributed by atoms with Gasteiger partial charge in [0.25, 0.3) is 5.91 Å². The molecule has 1 heterocycles. The molecule has 0 bridgehead atoms. The largest absolute Gasteiger partial charge is 0.352 e. The summed E-state index contributed by atoms with van der Waals surface area (Å²) < 4.78 is 0. The average Bonchev–Trinajstić information content (AvgIpc) is 2.35. The minimum atomic E-state index is -0.0637. The van der Waals surface area contributed by atoms with Crippen LogP contribution in [0.1, 0.15) is 24.2 Å². The Morgan fingerprint density at radius 1 is 1.24 bits per heavy atom. The summed E-state index contributed by atoms with van der Waals surface area (Å²) >= 11 is 0. The molecule has 1 N–H and O–H groups in total. The molecule has 88 valence electrons. The van der Waals surface area contributed by atoms with Crippen molar-refractivity contribution in [2.24, 2.45) is 5.92 Å². The third-order valence-electron chi connectivity index (χ3n) is 2.40. The normalized spacial score (nSPS) is 10.8. The van der Waals surface area contributed by atoms with Crippen LogP contribution in [0.4, 0.5) is 0 Å². The summed E-state index contributed by atoms with van der Waals surface area (Å²) in [6, 6.07) is 5.34. The van der Waals surface area contributed by atoms with Crippen LogP contribution in [0.3, 0.4) is 0 Å². The number of rotatable bonds is 3. The number of carbonyl (C=O) groups excluding carboxylic acids is 1. The van der Waals surface area contributed by atoms with Gasteiger partial charge in [-0.1, -0.05) is 13.8 Å². The van der Waals surface area contributed by atoms with Gasteiger partial charge in [0, 0.05) is 24.5 Å². The molecule has 1 amide bonds. The first-order valence-electron chi connectivity index (χ1n) is 5.66. The number of benzene rings is 1. The Hall–Kier alpha value is -1.97. The Morgan fingerprint density at radius 2 is 1.94 bits per heavy atom. The zero-order chi connectivity index (χ0) is 12.3. The second-order valence-corrected chi connectivity index (χ2v) is 4.36. The lowest BCUT2D eigenvalue weighted by Gasteiger charge is -2.07. The minimum absolute atomic E-state index is 0.0637. The maximum Gasteiger partial charge on any atom is 0.251 e. The predicted octanol–water partition coefficient (Wildman–Crippen LogP) is 2.02. The monoisotopic (exact) mass is 229 g/mol. The first-order valence-corrected chi connectivity index (χ1v) is 5.66. The number of amides is 1. The summed E-state index contributed by atoms with van der Waals surface area (Å²) in [4.78, 5) is 20.2. The second-order valence-electron chi connectivity index (χ2n) is 4.36. The van der Waals surface area contributed by atoms with Crippen molar-refractivity contribution in [3.05, 3.63) is 36.2 Å². The van der Waals surface area contributed by atoms with E-state index in [1.807, 2.05) is 6.07 Å². The molecule has 0 radical (unpaired) electrons. The Balaban J connectivity index is 2.21. The van der Waals surface area contributed by atoms with Gasteiger partial charge in [0.15, 0.2) is 0 Å². The molecule has 1 aromatic carbocycles. The lowest BCUT2D eigenvalue weighted by Crippen LogP contribution is -2.27. The van der Waals surface area contributed by atoms with Crippen LogP contribution in [0.2, 0.25) is 0 Å². The highest BCUT2D eigenvalue weighted by atomic mass is 16.1. The van der Waals surface area contributed by atoms with Gasteiger partial charge in [-0.15, -0.1) is 0 Å². The number of hydrogen-bond acceptors (Lipinski definition) is 3. The van der Waals surface area contributed by atoms with Gasteiger partial charge in [0.05, 0.1) is 11.0 Å². The van der Waals surface area contributed by atoms with Crippen molar-refractivity contribution >= 4 is 16.9 Å². The van der Waals surface area contributed by atoms with Crippen LogP contribution in [0.15, 0.2) is 30.6 Å². The van der Waals surface area contributed by atoms with E-state index in [1.165, 1.54) is 0 Å². The smallest absolute Gasteiger partial charge is 0.251 e. The molecule has 2 rings (SSSR count). The third-order valence-corrected chi connectivity index (χ3v) is 2.40. The third kappa shape index (κ3) is 2.78. The van der Waals surface area contributed by atoms with Crippen LogP contribution < -0.4 is 5.32 Å². The van der Waals surface area contributed by atoms with Crippen molar-refractivity contribution in [1.29, 1.82) is 0 Å². The number of nitrogens with zero attached hydrogens (tertiary/aromatic N) is 2. The van der Waals surface area contributed by atoms with E-state index in [2.05, 4.69) is 29.1 Å². The summed E-state index contributed by atoms with van der Waals surface area (Å²) in [5.41, 5.74) is 2.16. The Bertz CT molecular complexity index is 537. The molecule has 0 unspecified atom stereocenters. The molecule has 17 heavy (non-hydrogen) atoms. The molecule has 0 saturated heterocycles. The second kappa shape index (κ2) is 4.91. The summed E-state index contributed by atoms with van der Waals surface area (Å²) in [6.45, 7) is 4.80. The van der Waals surface area contributed by atoms with E-state index in [0.29, 0.717) is 18.0 Å². The van der Waals surface area contributed by atoms with Gasteiger partial charge >= 0.3 is 0 Å². The molecule has 0 saturated carbocycles. The molecular weight excluding hydrogens is 214 g/mol. The topological polar surface area (TPSA) is 54.9 Å². The van der Waals surface area contributed by atoms with Gasteiger partial charge in [-0.2, -0.15) is 0 Å². The molecule has 0 aliphatic rings. The summed E-state index contributed by atoms with van der Waals surface area (Å²) in [6.07, 6.45) is 3.26. The van der Waals surface area contributed by atoms with Crippen molar-refractivity contribution in [2.45, 2.75) is 13.8 Å². The van der Waals surface area contributed by atoms with Crippen LogP contribution in [-0.4, -0.2) is 22.4 Å². The van der Waals surface area contributed by atoms with E-state index in [9.17, 15) is 4.79 Å². The zero-order valence-corrected chi connectivity index (χ0v) is 9.97. The van der Waals surface area contributed by atoms with E-state index in [4.69, 9.17) is 0 Å². The minimum Gasteiger partial charge on any atom is -0.352 e. The van der Waals surface area contributed by atoms with Crippen LogP contribution in [-0.2, 0) is 0 Å². The summed E-state index contributed by atoms with van der Waals surface area (Å²) in [5.74, 6) is 0.380. The molecule has 0 fully saturated rings. The van der Waals surface area contributed by atoms with Gasteiger partial charge in [0.1, 0.15) is 0 Å². The Kier molecular flexibility index (Phi) is 3.32. The van der Waals surface area contributed by atoms with E-state index < -0.39 is 0 Å². The number of fused-ring (bicyclic) bond motifs is 1. The van der Waals surface area contributed by atoms with Gasteiger partial charge in [-0.05, 0) is 24.1 Å². The number of nitrogens with one attached hydrogen (secondary N) is 1. The van der Waals surface area contributed by atoms with Crippen LogP contribution >= 0.6 is 0 Å². The van der Waals surface area contributed by atoms with Crippen molar-refractivity contribution in [2.75, 3.05) is 6.54 Å². The molecule has 0 aliphatic heterocycles. The predicted molar refractivity (Wildman–Crippen MR) is 66.7 cm³/mol. The molecule has 4 nitrogen and oxygen atoms in total. The number of carbonyl (C=O) groups is 1. The standard InChI is InChI=1S/C13H15N3O/c1-9(2)8-16-13(17)10-3-4-11-12(7-10)15-6-5-14-11/h3-7,9H,8H2,1-2H3,(H,16,17). The molecule has 0 aliphatic carbocycles. The lowest BCUT2D eigenvalue weighted by atomic mass is 10.1. The Labute approximate surface area is 100 Å². The van der Waals surface area contributed by atoms with Gasteiger partial charge in [-0.3, -0.25) is 14.8 Å². The fourth-order valence-electron chi connectivity index (χ4n) is 1.50. The van der Waals surface area contributed by atoms with Crippen molar-refractivity contribution in [3.8, 4) is 0 Å². The van der Waals surface area contributed by atoms with Crippen molar-refractivity contribution in [1.82, 2.24) is 15.3 Å². The van der Waals surface area contributed by atoms with Gasteiger partial charge < -0.3 is 5.32 Å². The van der Waals surface area contributed by atoms with E-state index in [-0.39, 0.29) is 5.91 Å². The lowest BCUT2D eigenvalue weighted by molar-refractivity contribution is 0.0949. The van der Waals surface area contributed by atoms with Crippen LogP contribution in [0.25, 0.3) is 11.0 Å². The highest BCUT2D eigenvalue weighted by Gasteiger charge is 2.07. The number of aromatic nitrogens is 2. The molecule has 2 aromatic rings. The van der Waals surface area contributed by atoms with Gasteiger partial charge in [-0.25, -0.2) is 0 Å². The molecular formula is C13H15N3O. The molecule has 1 aromatic heterocycles.